The maximum atomic E-state index is 9.55. The second-order valence-corrected chi connectivity index (χ2v) is 6.17. The number of rotatable bonds is 4. The highest BCUT2D eigenvalue weighted by Crippen LogP contribution is 2.39. The summed E-state index contributed by atoms with van der Waals surface area (Å²) in [5, 5.41) is 15.6. The fourth-order valence-corrected chi connectivity index (χ4v) is 3.01. The molecule has 1 aromatic heterocycles. The molecule has 1 unspecified atom stereocenters. The van der Waals surface area contributed by atoms with Crippen molar-refractivity contribution in [1.29, 1.82) is 0 Å². The molecule has 0 saturated heterocycles. The number of hydrogen-bond donors (Lipinski definition) is 3. The van der Waals surface area contributed by atoms with Gasteiger partial charge < -0.3 is 15.2 Å². The topological polar surface area (TPSA) is 103 Å². The predicted molar refractivity (Wildman–Crippen MR) is 81.0 cm³/mol. The van der Waals surface area contributed by atoms with E-state index in [2.05, 4.69) is 29.9 Å². The maximum absolute atomic E-state index is 9.55. The number of thioether (sulfide) groups is 1. The van der Waals surface area contributed by atoms with Gasteiger partial charge >= 0.3 is 11.9 Å². The Labute approximate surface area is 127 Å². The van der Waals surface area contributed by atoms with Crippen molar-refractivity contribution in [3.63, 3.8) is 0 Å². The molecule has 21 heavy (non-hydrogen) atoms. The molecule has 1 aliphatic rings. The highest BCUT2D eigenvalue weighted by Gasteiger charge is 2.28. The van der Waals surface area contributed by atoms with Crippen molar-refractivity contribution in [1.82, 2.24) is 9.97 Å². The van der Waals surface area contributed by atoms with Crippen LogP contribution in [0.4, 0.5) is 0 Å². The second kappa shape index (κ2) is 7.68. The summed E-state index contributed by atoms with van der Waals surface area (Å²) in [7, 11) is 0. The first-order valence-electron chi connectivity index (χ1n) is 6.24. The lowest BCUT2D eigenvalue weighted by Crippen LogP contribution is -2.17. The lowest BCUT2D eigenvalue weighted by atomic mass is 9.87. The van der Waals surface area contributed by atoms with Crippen LogP contribution in [0.3, 0.4) is 0 Å². The lowest BCUT2D eigenvalue weighted by molar-refractivity contribution is -0.134. The number of nitrogens with zero attached hydrogens (tertiary/aromatic N) is 1. The Morgan fingerprint density at radius 2 is 2.05 bits per heavy atom. The van der Waals surface area contributed by atoms with Crippen LogP contribution in [0.15, 0.2) is 35.7 Å². The summed E-state index contributed by atoms with van der Waals surface area (Å²) in [5.74, 6) is -1.33. The van der Waals surface area contributed by atoms with E-state index >= 15 is 0 Å². The zero-order valence-corrected chi connectivity index (χ0v) is 12.7. The summed E-state index contributed by atoms with van der Waals surface area (Å²) in [6, 6.07) is 0. The van der Waals surface area contributed by atoms with Crippen LogP contribution < -0.4 is 0 Å². The van der Waals surface area contributed by atoms with Crippen LogP contribution >= 0.6 is 11.8 Å². The van der Waals surface area contributed by atoms with Crippen molar-refractivity contribution in [2.75, 3.05) is 5.75 Å². The summed E-state index contributed by atoms with van der Waals surface area (Å²) < 4.78 is 0. The highest BCUT2D eigenvalue weighted by atomic mass is 32.2. The summed E-state index contributed by atoms with van der Waals surface area (Å²) in [6.07, 6.45) is 8.26. The number of H-pyrrole nitrogens is 1. The molecule has 1 aliphatic heterocycles. The summed E-state index contributed by atoms with van der Waals surface area (Å²) in [5.41, 5.74) is 1.47. The van der Waals surface area contributed by atoms with Crippen LogP contribution in [0.5, 0.6) is 0 Å². The number of carbonyl (C=O) groups is 2. The molecular weight excluding hydrogens is 292 g/mol. The van der Waals surface area contributed by atoms with Gasteiger partial charge in [0.15, 0.2) is 0 Å². The monoisotopic (exact) mass is 310 g/mol. The molecule has 0 aromatic carbocycles. The Morgan fingerprint density at radius 3 is 2.43 bits per heavy atom. The van der Waals surface area contributed by atoms with Crippen LogP contribution in [-0.4, -0.2) is 37.9 Å². The van der Waals surface area contributed by atoms with E-state index in [1.807, 2.05) is 18.0 Å². The van der Waals surface area contributed by atoms with Gasteiger partial charge in [0.2, 0.25) is 0 Å². The van der Waals surface area contributed by atoms with E-state index in [1.165, 1.54) is 10.7 Å². The molecular formula is C14H18N2O4S. The average Bonchev–Trinajstić information content (AvgIpc) is 2.98. The average molecular weight is 310 g/mol. The normalized spacial score (nSPS) is 20.8. The Bertz CT molecular complexity index is 535. The molecule has 0 radical (unpaired) electrons. The summed E-state index contributed by atoms with van der Waals surface area (Å²) in [4.78, 5) is 27.8. The van der Waals surface area contributed by atoms with Crippen molar-refractivity contribution in [3.8, 4) is 0 Å². The first kappa shape index (κ1) is 17.0. The van der Waals surface area contributed by atoms with Gasteiger partial charge in [0, 0.05) is 35.9 Å². The quantitative estimate of drug-likeness (QED) is 0.737. The van der Waals surface area contributed by atoms with Crippen molar-refractivity contribution < 1.29 is 19.8 Å². The van der Waals surface area contributed by atoms with E-state index in [-0.39, 0.29) is 0 Å². The van der Waals surface area contributed by atoms with Crippen molar-refractivity contribution in [3.05, 3.63) is 41.4 Å². The third kappa shape index (κ3) is 6.80. The number of imidazole rings is 1. The fraction of sp³-hybridized carbons (Fsp3) is 0.357. The SMILES string of the molecule is CC1=CC(C)(Cc2c[nH]cn2)CS1.O=C(O)/C=C/C(=O)O. The van der Waals surface area contributed by atoms with E-state index in [1.54, 1.807) is 6.33 Å². The van der Waals surface area contributed by atoms with Gasteiger partial charge in [-0.15, -0.1) is 11.8 Å². The molecule has 0 amide bonds. The third-order valence-corrected chi connectivity index (χ3v) is 4.07. The standard InChI is InChI=1S/C10H14N2S.C4H4O4/c1-8-3-10(2,6-13-8)4-9-5-11-7-12-9;5-3(6)1-2-4(7)8/h3,5,7H,4,6H2,1-2H3,(H,11,12);1-2H,(H,5,6)(H,7,8)/b;2-1+. The zero-order chi connectivity index (χ0) is 15.9. The molecule has 2 heterocycles. The number of nitrogens with one attached hydrogen (secondary N) is 1. The Hall–Kier alpha value is -2.02. The van der Waals surface area contributed by atoms with E-state index in [4.69, 9.17) is 10.2 Å². The first-order valence-corrected chi connectivity index (χ1v) is 7.23. The van der Waals surface area contributed by atoms with Gasteiger partial charge in [-0.3, -0.25) is 0 Å². The minimum atomic E-state index is -1.26. The van der Waals surface area contributed by atoms with Gasteiger partial charge in [0.05, 0.1) is 12.0 Å². The number of carboxylic acids is 2. The van der Waals surface area contributed by atoms with E-state index in [0.29, 0.717) is 17.6 Å². The number of allylic oxidation sites excluding steroid dienone is 2. The molecule has 0 aliphatic carbocycles. The van der Waals surface area contributed by atoms with Gasteiger partial charge in [0.1, 0.15) is 0 Å². The van der Waals surface area contributed by atoms with Crippen LogP contribution in [0, 0.1) is 5.41 Å². The molecule has 3 N–H and O–H groups in total. The summed E-state index contributed by atoms with van der Waals surface area (Å²) in [6.45, 7) is 4.48. The number of hydrogen-bond acceptors (Lipinski definition) is 4. The van der Waals surface area contributed by atoms with E-state index < -0.39 is 11.9 Å². The van der Waals surface area contributed by atoms with E-state index in [0.717, 1.165) is 12.1 Å². The highest BCUT2D eigenvalue weighted by molar-refractivity contribution is 8.03. The first-order chi connectivity index (χ1) is 9.81. The minimum Gasteiger partial charge on any atom is -0.478 e. The number of aliphatic carboxylic acids is 2. The van der Waals surface area contributed by atoms with Gasteiger partial charge in [-0.1, -0.05) is 13.0 Å². The van der Waals surface area contributed by atoms with Crippen LogP contribution in [0.25, 0.3) is 0 Å². The number of aromatic nitrogens is 2. The molecule has 0 fully saturated rings. The van der Waals surface area contributed by atoms with E-state index in [9.17, 15) is 9.59 Å². The molecule has 1 atom stereocenters. The molecule has 2 rings (SSSR count). The molecule has 0 spiro atoms. The number of aromatic amines is 1. The smallest absolute Gasteiger partial charge is 0.328 e. The molecule has 0 bridgehead atoms. The largest absolute Gasteiger partial charge is 0.478 e. The van der Waals surface area contributed by atoms with Gasteiger partial charge in [-0.2, -0.15) is 0 Å². The molecule has 114 valence electrons. The lowest BCUT2D eigenvalue weighted by Gasteiger charge is -2.18. The van der Waals surface area contributed by atoms with Crippen molar-refractivity contribution in [2.45, 2.75) is 20.3 Å². The van der Waals surface area contributed by atoms with Crippen molar-refractivity contribution >= 4 is 23.7 Å². The minimum absolute atomic E-state index is 0.309. The van der Waals surface area contributed by atoms with Crippen LogP contribution in [0.2, 0.25) is 0 Å². The van der Waals surface area contributed by atoms with Gasteiger partial charge in [-0.25, -0.2) is 14.6 Å². The fourth-order valence-electron chi connectivity index (χ4n) is 1.90. The Morgan fingerprint density at radius 1 is 1.43 bits per heavy atom. The molecule has 1 aromatic rings. The maximum Gasteiger partial charge on any atom is 0.328 e. The zero-order valence-electron chi connectivity index (χ0n) is 11.9. The second-order valence-electron chi connectivity index (χ2n) is 4.94. The third-order valence-electron chi connectivity index (χ3n) is 2.69. The summed E-state index contributed by atoms with van der Waals surface area (Å²) >= 11 is 1.95. The van der Waals surface area contributed by atoms with Gasteiger partial charge in [-0.05, 0) is 11.8 Å². The predicted octanol–water partition coefficient (Wildman–Crippen LogP) is 2.32. The Kier molecular flexibility index (Phi) is 6.23. The Balaban J connectivity index is 0.000000240. The van der Waals surface area contributed by atoms with Crippen LogP contribution in [0.1, 0.15) is 19.5 Å². The number of carboxylic acid groups (broad SMARTS) is 2. The van der Waals surface area contributed by atoms with Crippen molar-refractivity contribution in [2.24, 2.45) is 5.41 Å². The molecule has 0 saturated carbocycles. The molecule has 7 heteroatoms. The van der Waals surface area contributed by atoms with Gasteiger partial charge in [0.25, 0.3) is 0 Å². The van der Waals surface area contributed by atoms with Crippen LogP contribution in [-0.2, 0) is 16.0 Å². The molecule has 6 nitrogen and oxygen atoms in total.